The highest BCUT2D eigenvalue weighted by Gasteiger charge is 2.33. The van der Waals surface area contributed by atoms with Gasteiger partial charge in [0.25, 0.3) is 11.5 Å². The van der Waals surface area contributed by atoms with Crippen molar-refractivity contribution in [3.63, 3.8) is 0 Å². The maximum atomic E-state index is 13.0. The molecule has 8 nitrogen and oxygen atoms in total. The molecule has 0 spiro atoms. The van der Waals surface area contributed by atoms with Crippen LogP contribution in [0.3, 0.4) is 0 Å². The number of hydrogen-bond acceptors (Lipinski definition) is 5. The summed E-state index contributed by atoms with van der Waals surface area (Å²) in [6.07, 6.45) is 4.24. The fourth-order valence-corrected chi connectivity index (χ4v) is 3.66. The number of aryl methyl sites for hydroxylation is 1. The van der Waals surface area contributed by atoms with Crippen molar-refractivity contribution in [3.05, 3.63) is 68.5 Å². The molecule has 1 amide bonds. The Morgan fingerprint density at radius 3 is 2.67 bits per heavy atom. The number of hydrogen-bond donors (Lipinski definition) is 2. The van der Waals surface area contributed by atoms with Crippen LogP contribution in [0.25, 0.3) is 11.0 Å². The van der Waals surface area contributed by atoms with Gasteiger partial charge in [0.1, 0.15) is 11.4 Å². The molecule has 8 heteroatoms. The molecule has 0 aliphatic heterocycles. The highest BCUT2D eigenvalue weighted by atomic mass is 16.5. The Labute approximate surface area is 172 Å². The number of rotatable bonds is 7. The lowest BCUT2D eigenvalue weighted by molar-refractivity contribution is 0.0931. The van der Waals surface area contributed by atoms with Crippen molar-refractivity contribution in [1.29, 1.82) is 0 Å². The minimum absolute atomic E-state index is 0.119. The number of aromatic nitrogens is 3. The molecule has 3 aromatic rings. The summed E-state index contributed by atoms with van der Waals surface area (Å²) in [7, 11) is 1.61. The zero-order valence-electron chi connectivity index (χ0n) is 17.0. The Morgan fingerprint density at radius 1 is 1.30 bits per heavy atom. The third kappa shape index (κ3) is 3.85. The monoisotopic (exact) mass is 408 g/mol. The van der Waals surface area contributed by atoms with Crippen molar-refractivity contribution in [1.82, 2.24) is 19.9 Å². The van der Waals surface area contributed by atoms with Crippen LogP contribution < -0.4 is 21.3 Å². The van der Waals surface area contributed by atoms with Crippen molar-refractivity contribution in [2.75, 3.05) is 7.11 Å². The van der Waals surface area contributed by atoms with Crippen LogP contribution in [0.15, 0.2) is 46.1 Å². The number of amides is 1. The Morgan fingerprint density at radius 2 is 2.03 bits per heavy atom. The van der Waals surface area contributed by atoms with E-state index >= 15 is 0 Å². The quantitative estimate of drug-likeness (QED) is 0.624. The van der Waals surface area contributed by atoms with Crippen molar-refractivity contribution in [2.45, 2.75) is 38.8 Å². The van der Waals surface area contributed by atoms with Crippen LogP contribution in [0, 0.1) is 5.92 Å². The molecule has 2 aromatic heterocycles. The van der Waals surface area contributed by atoms with E-state index in [0.29, 0.717) is 12.5 Å². The van der Waals surface area contributed by atoms with Gasteiger partial charge in [-0.05, 0) is 48.9 Å². The first-order valence-corrected chi connectivity index (χ1v) is 10.1. The summed E-state index contributed by atoms with van der Waals surface area (Å²) in [4.78, 5) is 43.9. The summed E-state index contributed by atoms with van der Waals surface area (Å²) in [5.41, 5.74) is 0.547. The molecule has 0 radical (unpaired) electrons. The molecule has 30 heavy (non-hydrogen) atoms. The fraction of sp³-hybridized carbons (Fsp3) is 0.364. The summed E-state index contributed by atoms with van der Waals surface area (Å²) < 4.78 is 6.63. The zero-order valence-corrected chi connectivity index (χ0v) is 17.0. The number of carbonyl (C=O) groups excluding carboxylic acids is 1. The number of carbonyl (C=O) groups is 1. The van der Waals surface area contributed by atoms with E-state index in [-0.39, 0.29) is 28.5 Å². The lowest BCUT2D eigenvalue weighted by Gasteiger charge is -2.19. The molecule has 156 valence electrons. The largest absolute Gasteiger partial charge is 0.497 e. The highest BCUT2D eigenvalue weighted by Crippen LogP contribution is 2.41. The van der Waals surface area contributed by atoms with Gasteiger partial charge in [-0.3, -0.25) is 19.1 Å². The molecule has 1 aromatic carbocycles. The van der Waals surface area contributed by atoms with Crippen LogP contribution in [0.4, 0.5) is 0 Å². The first kappa shape index (κ1) is 19.9. The molecule has 1 aliphatic carbocycles. The molecular formula is C22H24N4O4. The van der Waals surface area contributed by atoms with Crippen molar-refractivity contribution in [3.8, 4) is 5.75 Å². The Balaban J connectivity index is 1.65. The van der Waals surface area contributed by atoms with Gasteiger partial charge in [-0.2, -0.15) is 0 Å². The van der Waals surface area contributed by atoms with Crippen LogP contribution >= 0.6 is 0 Å². The molecule has 4 rings (SSSR count). The van der Waals surface area contributed by atoms with E-state index in [0.717, 1.165) is 30.6 Å². The summed E-state index contributed by atoms with van der Waals surface area (Å²) in [5, 5.41) is 3.31. The highest BCUT2D eigenvalue weighted by molar-refractivity contribution is 5.97. The second kappa shape index (κ2) is 8.14. The van der Waals surface area contributed by atoms with Gasteiger partial charge in [-0.1, -0.05) is 19.1 Å². The van der Waals surface area contributed by atoms with Gasteiger partial charge >= 0.3 is 5.69 Å². The maximum Gasteiger partial charge on any atom is 0.329 e. The number of benzene rings is 1. The van der Waals surface area contributed by atoms with E-state index in [2.05, 4.69) is 15.3 Å². The van der Waals surface area contributed by atoms with Crippen LogP contribution in [-0.2, 0) is 6.54 Å². The second-order valence-electron chi connectivity index (χ2n) is 7.57. The van der Waals surface area contributed by atoms with Gasteiger partial charge in [0.15, 0.2) is 0 Å². The van der Waals surface area contributed by atoms with Gasteiger partial charge in [0, 0.05) is 12.7 Å². The smallest absolute Gasteiger partial charge is 0.329 e. The molecule has 0 bridgehead atoms. The predicted octanol–water partition coefficient (Wildman–Crippen LogP) is 2.38. The average Bonchev–Trinajstić information content (AvgIpc) is 3.60. The van der Waals surface area contributed by atoms with E-state index < -0.39 is 11.2 Å². The number of fused-ring (bicyclic) bond motifs is 1. The van der Waals surface area contributed by atoms with Crippen LogP contribution in [0.5, 0.6) is 5.75 Å². The lowest BCUT2D eigenvalue weighted by atomic mass is 10.0. The summed E-state index contributed by atoms with van der Waals surface area (Å²) in [6.45, 7) is 2.37. The number of nitrogens with zero attached hydrogens (tertiary/aromatic N) is 2. The van der Waals surface area contributed by atoms with Gasteiger partial charge in [-0.25, -0.2) is 9.78 Å². The Bertz CT molecular complexity index is 1190. The Hall–Kier alpha value is -3.42. The summed E-state index contributed by atoms with van der Waals surface area (Å²) >= 11 is 0. The van der Waals surface area contributed by atoms with E-state index in [1.54, 1.807) is 7.11 Å². The van der Waals surface area contributed by atoms with Gasteiger partial charge in [0.2, 0.25) is 0 Å². The normalized spacial score (nSPS) is 14.5. The third-order valence-corrected chi connectivity index (χ3v) is 5.40. The zero-order chi connectivity index (χ0) is 21.3. The van der Waals surface area contributed by atoms with Gasteiger partial charge in [0.05, 0.1) is 24.1 Å². The number of aromatic amines is 1. The molecule has 2 N–H and O–H groups in total. The minimum Gasteiger partial charge on any atom is -0.497 e. The maximum absolute atomic E-state index is 13.0. The van der Waals surface area contributed by atoms with Crippen molar-refractivity contribution in [2.24, 2.45) is 5.92 Å². The molecule has 0 saturated heterocycles. The number of pyridine rings is 1. The lowest BCUT2D eigenvalue weighted by Crippen LogP contribution is -2.32. The van der Waals surface area contributed by atoms with Crippen molar-refractivity contribution >= 4 is 16.9 Å². The SMILES string of the molecule is CCCn1c(=O)[nH]c(=O)c2cc(C(=O)N[C@H](c3ccc(OC)cc3)C3CC3)cnc21. The summed E-state index contributed by atoms with van der Waals surface area (Å²) in [6, 6.07) is 9.04. The van der Waals surface area contributed by atoms with Gasteiger partial charge < -0.3 is 10.1 Å². The fourth-order valence-electron chi connectivity index (χ4n) is 3.66. The third-order valence-electron chi connectivity index (χ3n) is 5.40. The molecular weight excluding hydrogens is 384 g/mol. The van der Waals surface area contributed by atoms with Crippen LogP contribution in [0.1, 0.15) is 48.1 Å². The number of nitrogens with one attached hydrogen (secondary N) is 2. The molecule has 1 atom stereocenters. The van der Waals surface area contributed by atoms with E-state index in [1.807, 2.05) is 31.2 Å². The first-order valence-electron chi connectivity index (χ1n) is 10.1. The number of ether oxygens (including phenoxy) is 1. The molecule has 1 saturated carbocycles. The molecule has 2 heterocycles. The van der Waals surface area contributed by atoms with Gasteiger partial charge in [-0.15, -0.1) is 0 Å². The van der Waals surface area contributed by atoms with Crippen LogP contribution in [0.2, 0.25) is 0 Å². The Kier molecular flexibility index (Phi) is 5.39. The topological polar surface area (TPSA) is 106 Å². The minimum atomic E-state index is -0.543. The average molecular weight is 408 g/mol. The number of H-pyrrole nitrogens is 1. The molecule has 1 fully saturated rings. The molecule has 1 aliphatic rings. The van der Waals surface area contributed by atoms with E-state index in [4.69, 9.17) is 4.74 Å². The van der Waals surface area contributed by atoms with Crippen LogP contribution in [-0.4, -0.2) is 27.6 Å². The predicted molar refractivity (Wildman–Crippen MR) is 113 cm³/mol. The summed E-state index contributed by atoms with van der Waals surface area (Å²) in [5.74, 6) is 0.842. The number of methoxy groups -OCH3 is 1. The molecule has 0 unspecified atom stereocenters. The standard InChI is InChI=1S/C22H24N4O4/c1-3-10-26-19-17(21(28)25-22(26)29)11-15(12-23-19)20(27)24-18(13-4-5-13)14-6-8-16(30-2)9-7-14/h6-9,11-13,18H,3-5,10H2,1-2H3,(H,24,27)(H,25,28,29)/t18-/m0/s1. The second-order valence-corrected chi connectivity index (χ2v) is 7.57. The van der Waals surface area contributed by atoms with Crippen molar-refractivity contribution < 1.29 is 9.53 Å². The first-order chi connectivity index (χ1) is 14.5. The van der Waals surface area contributed by atoms with E-state index in [9.17, 15) is 14.4 Å². The van der Waals surface area contributed by atoms with E-state index in [1.165, 1.54) is 16.8 Å².